The SMILES string of the molecule is Cc1ccc(C#N)c(N2C[C@@H]3[C@H](CNC(=O)CC(C)C)[C@H]4CC[C@]3(C2)O4)n1. The molecular weight excluding hydrogens is 340 g/mol. The Labute approximate surface area is 160 Å². The molecule has 4 heterocycles. The van der Waals surface area contributed by atoms with Gasteiger partial charge in [0.25, 0.3) is 0 Å². The number of nitrogens with one attached hydrogen (secondary N) is 1. The van der Waals surface area contributed by atoms with E-state index in [2.05, 4.69) is 35.1 Å². The van der Waals surface area contributed by atoms with Crippen molar-refractivity contribution in [3.8, 4) is 6.07 Å². The molecule has 3 aliphatic heterocycles. The van der Waals surface area contributed by atoms with Crippen molar-refractivity contribution in [2.45, 2.75) is 51.7 Å². The van der Waals surface area contributed by atoms with E-state index in [4.69, 9.17) is 4.74 Å². The lowest BCUT2D eigenvalue weighted by Crippen LogP contribution is -2.42. The predicted molar refractivity (Wildman–Crippen MR) is 102 cm³/mol. The molecule has 3 fully saturated rings. The van der Waals surface area contributed by atoms with E-state index in [0.29, 0.717) is 36.3 Å². The number of carbonyl (C=O) groups is 1. The zero-order chi connectivity index (χ0) is 19.2. The number of hydrogen-bond acceptors (Lipinski definition) is 5. The predicted octanol–water partition coefficient (Wildman–Crippen LogP) is 2.41. The van der Waals surface area contributed by atoms with Crippen molar-refractivity contribution in [3.63, 3.8) is 0 Å². The normalized spacial score (nSPS) is 31.2. The van der Waals surface area contributed by atoms with Crippen LogP contribution >= 0.6 is 0 Å². The quantitative estimate of drug-likeness (QED) is 0.863. The fourth-order valence-electron chi connectivity index (χ4n) is 5.17. The number of hydrogen-bond donors (Lipinski definition) is 1. The summed E-state index contributed by atoms with van der Waals surface area (Å²) in [6, 6.07) is 6.01. The monoisotopic (exact) mass is 368 g/mol. The molecule has 0 aliphatic carbocycles. The van der Waals surface area contributed by atoms with Gasteiger partial charge in [0.05, 0.1) is 17.3 Å². The maximum Gasteiger partial charge on any atom is 0.220 e. The molecular formula is C21H28N4O2. The van der Waals surface area contributed by atoms with Gasteiger partial charge in [0, 0.05) is 43.6 Å². The molecule has 1 spiro atoms. The van der Waals surface area contributed by atoms with Crippen molar-refractivity contribution in [1.82, 2.24) is 10.3 Å². The Morgan fingerprint density at radius 3 is 3.07 bits per heavy atom. The molecule has 6 nitrogen and oxygen atoms in total. The van der Waals surface area contributed by atoms with Crippen molar-refractivity contribution in [1.29, 1.82) is 5.26 Å². The van der Waals surface area contributed by atoms with Crippen LogP contribution in [-0.2, 0) is 9.53 Å². The van der Waals surface area contributed by atoms with Crippen molar-refractivity contribution in [2.24, 2.45) is 17.8 Å². The Balaban J connectivity index is 1.50. The van der Waals surface area contributed by atoms with Crippen LogP contribution in [0.3, 0.4) is 0 Å². The lowest BCUT2D eigenvalue weighted by Gasteiger charge is -2.29. The fraction of sp³-hybridized carbons (Fsp3) is 0.667. The smallest absolute Gasteiger partial charge is 0.220 e. The molecule has 0 radical (unpaired) electrons. The molecule has 1 N–H and O–H groups in total. The highest BCUT2D eigenvalue weighted by atomic mass is 16.5. The van der Waals surface area contributed by atoms with Gasteiger partial charge in [-0.1, -0.05) is 13.8 Å². The number of pyridine rings is 1. The van der Waals surface area contributed by atoms with Crippen LogP contribution in [0.1, 0.15) is 44.4 Å². The van der Waals surface area contributed by atoms with Crippen LogP contribution < -0.4 is 10.2 Å². The largest absolute Gasteiger partial charge is 0.369 e. The molecule has 27 heavy (non-hydrogen) atoms. The van der Waals surface area contributed by atoms with Crippen LogP contribution in [0.25, 0.3) is 0 Å². The molecule has 3 saturated heterocycles. The highest BCUT2D eigenvalue weighted by Gasteiger charge is 2.63. The van der Waals surface area contributed by atoms with Gasteiger partial charge in [-0.3, -0.25) is 4.79 Å². The summed E-state index contributed by atoms with van der Waals surface area (Å²) in [6.45, 7) is 8.39. The Hall–Kier alpha value is -2.13. The zero-order valence-corrected chi connectivity index (χ0v) is 16.4. The third-order valence-electron chi connectivity index (χ3n) is 6.35. The van der Waals surface area contributed by atoms with E-state index in [1.165, 1.54) is 0 Å². The third kappa shape index (κ3) is 3.19. The second-order valence-electron chi connectivity index (χ2n) is 8.75. The summed E-state index contributed by atoms with van der Waals surface area (Å²) in [7, 11) is 0. The second kappa shape index (κ2) is 6.79. The minimum Gasteiger partial charge on any atom is -0.369 e. The Morgan fingerprint density at radius 2 is 2.33 bits per heavy atom. The summed E-state index contributed by atoms with van der Waals surface area (Å²) in [5.41, 5.74) is 1.39. The van der Waals surface area contributed by atoms with Crippen molar-refractivity contribution >= 4 is 11.7 Å². The molecule has 144 valence electrons. The molecule has 1 amide bonds. The van der Waals surface area contributed by atoms with Gasteiger partial charge in [0.15, 0.2) is 0 Å². The molecule has 2 bridgehead atoms. The number of anilines is 1. The number of amides is 1. The van der Waals surface area contributed by atoms with Crippen LogP contribution in [0, 0.1) is 36.0 Å². The molecule has 4 rings (SSSR count). The number of rotatable bonds is 5. The number of fused-ring (bicyclic) bond motifs is 1. The van der Waals surface area contributed by atoms with Gasteiger partial charge in [-0.05, 0) is 37.8 Å². The van der Waals surface area contributed by atoms with Gasteiger partial charge in [0.2, 0.25) is 5.91 Å². The van der Waals surface area contributed by atoms with E-state index >= 15 is 0 Å². The number of carbonyl (C=O) groups excluding carboxylic acids is 1. The summed E-state index contributed by atoms with van der Waals surface area (Å²) >= 11 is 0. The molecule has 0 saturated carbocycles. The van der Waals surface area contributed by atoms with Crippen LogP contribution in [-0.4, -0.2) is 42.2 Å². The minimum absolute atomic E-state index is 0.129. The van der Waals surface area contributed by atoms with Crippen LogP contribution in [0.15, 0.2) is 12.1 Å². The van der Waals surface area contributed by atoms with E-state index in [9.17, 15) is 10.1 Å². The first kappa shape index (κ1) is 18.2. The van der Waals surface area contributed by atoms with Gasteiger partial charge in [-0.15, -0.1) is 0 Å². The van der Waals surface area contributed by atoms with Gasteiger partial charge < -0.3 is 15.0 Å². The average molecular weight is 368 g/mol. The summed E-state index contributed by atoms with van der Waals surface area (Å²) < 4.78 is 6.46. The molecule has 0 unspecified atom stereocenters. The van der Waals surface area contributed by atoms with Gasteiger partial charge in [-0.25, -0.2) is 4.98 Å². The summed E-state index contributed by atoms with van der Waals surface area (Å²) in [5, 5.41) is 12.6. The van der Waals surface area contributed by atoms with Gasteiger partial charge in [-0.2, -0.15) is 5.26 Å². The molecule has 4 atom stereocenters. The van der Waals surface area contributed by atoms with E-state index in [0.717, 1.165) is 37.4 Å². The molecule has 3 aliphatic rings. The highest BCUT2D eigenvalue weighted by Crippen LogP contribution is 2.55. The summed E-state index contributed by atoms with van der Waals surface area (Å²) in [6.07, 6.45) is 2.93. The van der Waals surface area contributed by atoms with E-state index in [1.807, 2.05) is 19.1 Å². The number of ether oxygens (including phenoxy) is 1. The van der Waals surface area contributed by atoms with Crippen molar-refractivity contribution in [2.75, 3.05) is 24.5 Å². The Kier molecular flexibility index (Phi) is 4.59. The Bertz CT molecular complexity index is 787. The maximum atomic E-state index is 12.1. The van der Waals surface area contributed by atoms with Gasteiger partial charge in [0.1, 0.15) is 11.9 Å². The lowest BCUT2D eigenvalue weighted by molar-refractivity contribution is -0.122. The van der Waals surface area contributed by atoms with Crippen LogP contribution in [0.5, 0.6) is 0 Å². The zero-order valence-electron chi connectivity index (χ0n) is 16.4. The first-order valence-corrected chi connectivity index (χ1v) is 9.99. The first-order chi connectivity index (χ1) is 12.9. The number of aromatic nitrogens is 1. The minimum atomic E-state index is -0.143. The van der Waals surface area contributed by atoms with Crippen LogP contribution in [0.2, 0.25) is 0 Å². The molecule has 1 aromatic heterocycles. The average Bonchev–Trinajstić information content (AvgIpc) is 3.27. The molecule has 1 aromatic rings. The third-order valence-corrected chi connectivity index (χ3v) is 6.35. The van der Waals surface area contributed by atoms with E-state index in [1.54, 1.807) is 0 Å². The van der Waals surface area contributed by atoms with Crippen molar-refractivity contribution in [3.05, 3.63) is 23.4 Å². The van der Waals surface area contributed by atoms with E-state index < -0.39 is 0 Å². The topological polar surface area (TPSA) is 78.2 Å². The molecule has 0 aromatic carbocycles. The van der Waals surface area contributed by atoms with Crippen molar-refractivity contribution < 1.29 is 9.53 Å². The highest BCUT2D eigenvalue weighted by molar-refractivity contribution is 5.76. The van der Waals surface area contributed by atoms with Gasteiger partial charge >= 0.3 is 0 Å². The number of nitriles is 1. The summed E-state index contributed by atoms with van der Waals surface area (Å²) in [4.78, 5) is 19.0. The number of aryl methyl sites for hydroxylation is 1. The molecule has 6 heteroatoms. The first-order valence-electron chi connectivity index (χ1n) is 9.99. The summed E-state index contributed by atoms with van der Waals surface area (Å²) in [5.74, 6) is 1.99. The standard InChI is InChI=1S/C21H28N4O2/c1-13(2)8-19(26)23-10-16-17-11-25(12-21(17)7-6-18(16)27-21)20-15(9-22)5-4-14(3)24-20/h4-5,13,16-18H,6-8,10-12H2,1-3H3,(H,23,26)/t16-,17+,18+,21+/m0/s1. The Morgan fingerprint density at radius 1 is 1.52 bits per heavy atom. The second-order valence-corrected chi connectivity index (χ2v) is 8.75. The number of nitrogens with zero attached hydrogens (tertiary/aromatic N) is 3. The maximum absolute atomic E-state index is 12.1. The van der Waals surface area contributed by atoms with E-state index in [-0.39, 0.29) is 17.6 Å². The fourth-order valence-corrected chi connectivity index (χ4v) is 5.17. The lowest BCUT2D eigenvalue weighted by atomic mass is 9.73. The van der Waals surface area contributed by atoms with Crippen LogP contribution in [0.4, 0.5) is 5.82 Å².